The Morgan fingerprint density at radius 3 is 0.788 bits per heavy atom. The Kier molecular flexibility index (Phi) is 83.2. The highest BCUT2D eigenvalue weighted by Crippen LogP contribution is 2.43. The van der Waals surface area contributed by atoms with Crippen molar-refractivity contribution in [3.05, 3.63) is 48.6 Å². The van der Waals surface area contributed by atoms with Gasteiger partial charge in [0.15, 0.2) is 6.10 Å². The van der Waals surface area contributed by atoms with Crippen molar-refractivity contribution in [3.63, 3.8) is 0 Å². The molecule has 0 aromatic carbocycles. The lowest BCUT2D eigenvalue weighted by atomic mass is 10.0. The van der Waals surface area contributed by atoms with Crippen molar-refractivity contribution in [2.75, 3.05) is 26.4 Å². The Hall–Kier alpha value is -2.03. The molecule has 2 unspecified atom stereocenters. The van der Waals surface area contributed by atoms with E-state index in [1.54, 1.807) is 0 Å². The highest BCUT2D eigenvalue weighted by atomic mass is 31.2. The summed E-state index contributed by atoms with van der Waals surface area (Å²) >= 11 is 0. The second kappa shape index (κ2) is 84.9. The molecule has 0 aliphatic carbocycles. The van der Waals surface area contributed by atoms with Crippen molar-refractivity contribution in [1.82, 2.24) is 0 Å². The molecule has 2 atom stereocenters. The van der Waals surface area contributed by atoms with Gasteiger partial charge in [0.05, 0.1) is 13.2 Å². The van der Waals surface area contributed by atoms with Crippen LogP contribution in [0.1, 0.15) is 476 Å². The first-order valence-electron chi connectivity index (χ1n) is 44.1. The van der Waals surface area contributed by atoms with E-state index in [4.69, 9.17) is 24.3 Å². The lowest BCUT2D eigenvalue weighted by Crippen LogP contribution is -2.29. The van der Waals surface area contributed by atoms with Gasteiger partial charge in [-0.25, -0.2) is 4.57 Å². The predicted molar refractivity (Wildman–Crippen MR) is 432 cm³/mol. The van der Waals surface area contributed by atoms with Gasteiger partial charge in [-0.2, -0.15) is 0 Å². The zero-order valence-electron chi connectivity index (χ0n) is 66.3. The summed E-state index contributed by atoms with van der Waals surface area (Å²) in [6.45, 7) is 3.82. The molecule has 0 fully saturated rings. The van der Waals surface area contributed by atoms with Crippen molar-refractivity contribution in [3.8, 4) is 0 Å². The third-order valence-electron chi connectivity index (χ3n) is 20.2. The highest BCUT2D eigenvalue weighted by molar-refractivity contribution is 7.47. The molecule has 0 saturated carbocycles. The Labute approximate surface area is 617 Å². The minimum atomic E-state index is -4.40. The fourth-order valence-electron chi connectivity index (χ4n) is 13.6. The van der Waals surface area contributed by atoms with Gasteiger partial charge in [-0.3, -0.25) is 18.6 Å². The van der Waals surface area contributed by atoms with E-state index in [9.17, 15) is 19.0 Å². The molecule has 0 aromatic rings. The predicted octanol–water partition coefficient (Wildman–Crippen LogP) is 29.9. The van der Waals surface area contributed by atoms with Crippen LogP contribution in [0, 0.1) is 0 Å². The van der Waals surface area contributed by atoms with Crippen molar-refractivity contribution in [1.29, 1.82) is 0 Å². The number of esters is 2. The van der Waals surface area contributed by atoms with E-state index < -0.39 is 26.5 Å². The van der Waals surface area contributed by atoms with Crippen LogP contribution in [-0.4, -0.2) is 49.3 Å². The number of unbranched alkanes of at least 4 members (excludes halogenated alkanes) is 64. The summed E-state index contributed by atoms with van der Waals surface area (Å²) in [5.74, 6) is -0.798. The molecular formula is C89H170NO8P. The van der Waals surface area contributed by atoms with Gasteiger partial charge in [0, 0.05) is 19.4 Å². The van der Waals surface area contributed by atoms with Crippen LogP contribution >= 0.6 is 7.82 Å². The summed E-state index contributed by atoms with van der Waals surface area (Å²) in [5, 5.41) is 0. The van der Waals surface area contributed by atoms with E-state index >= 15 is 0 Å². The molecule has 10 heteroatoms. The van der Waals surface area contributed by atoms with Crippen LogP contribution in [0.2, 0.25) is 0 Å². The van der Waals surface area contributed by atoms with Gasteiger partial charge in [0.1, 0.15) is 6.61 Å². The van der Waals surface area contributed by atoms with Crippen molar-refractivity contribution >= 4 is 19.8 Å². The van der Waals surface area contributed by atoms with Crippen LogP contribution in [0.15, 0.2) is 48.6 Å². The fourth-order valence-corrected chi connectivity index (χ4v) is 14.4. The minimum Gasteiger partial charge on any atom is -0.462 e. The molecule has 3 N–H and O–H groups in total. The maximum atomic E-state index is 12.8. The molecule has 0 rings (SSSR count). The molecule has 0 amide bonds. The number of rotatable bonds is 85. The number of nitrogens with two attached hydrogens (primary N) is 1. The Balaban J connectivity index is 3.70. The van der Waals surface area contributed by atoms with Gasteiger partial charge >= 0.3 is 19.8 Å². The summed E-state index contributed by atoms with van der Waals surface area (Å²) in [5.41, 5.74) is 5.42. The van der Waals surface area contributed by atoms with E-state index in [0.29, 0.717) is 6.42 Å². The summed E-state index contributed by atoms with van der Waals surface area (Å²) < 4.78 is 33.3. The van der Waals surface area contributed by atoms with Gasteiger partial charge < -0.3 is 20.1 Å². The summed E-state index contributed by atoms with van der Waals surface area (Å²) in [6, 6.07) is 0. The molecule has 99 heavy (non-hydrogen) atoms. The molecule has 584 valence electrons. The standard InChI is InChI=1S/C89H170NO8P/c1-3-5-7-9-11-13-15-17-19-21-23-25-27-29-31-33-35-37-39-41-42-43-44-46-48-50-52-54-56-58-60-62-64-66-68-70-72-74-76-78-80-82-89(92)98-87(86-97-99(93,94)96-84-83-90)85-95-88(91)81-79-77-75-73-71-69-67-65-63-61-59-57-55-53-51-49-47-45-40-38-36-34-32-30-28-26-24-22-20-18-16-14-12-10-8-6-4-2/h15,17,21-24,27,29,87H,3-14,16,18-20,25-26,28,30-86,90H2,1-2H3,(H,93,94)/b17-15-,23-21-,24-22-,29-27-. The number of hydrogen-bond acceptors (Lipinski definition) is 8. The van der Waals surface area contributed by atoms with E-state index in [0.717, 1.165) is 44.9 Å². The largest absolute Gasteiger partial charge is 0.472 e. The maximum absolute atomic E-state index is 12.8. The molecule has 0 aromatic heterocycles. The summed E-state index contributed by atoms with van der Waals surface area (Å²) in [7, 11) is -4.40. The second-order valence-electron chi connectivity index (χ2n) is 30.1. The zero-order valence-corrected chi connectivity index (χ0v) is 67.2. The first-order valence-corrected chi connectivity index (χ1v) is 45.6. The fraction of sp³-hybridized carbons (Fsp3) is 0.888. The first-order chi connectivity index (χ1) is 48.8. The molecule has 0 aliphatic rings. The zero-order chi connectivity index (χ0) is 71.5. The molecular weight excluding hydrogens is 1240 g/mol. The maximum Gasteiger partial charge on any atom is 0.472 e. The lowest BCUT2D eigenvalue weighted by molar-refractivity contribution is -0.161. The van der Waals surface area contributed by atoms with Crippen LogP contribution in [0.5, 0.6) is 0 Å². The van der Waals surface area contributed by atoms with Crippen LogP contribution in [0.4, 0.5) is 0 Å². The first kappa shape index (κ1) is 97.0. The van der Waals surface area contributed by atoms with E-state index in [1.165, 1.54) is 398 Å². The number of allylic oxidation sites excluding steroid dienone is 8. The number of carbonyl (C=O) groups excluding carboxylic acids is 2. The average molecular weight is 1410 g/mol. The Bertz CT molecular complexity index is 1770. The van der Waals surface area contributed by atoms with Gasteiger partial charge in [-0.05, 0) is 77.0 Å². The molecule has 0 bridgehead atoms. The number of carbonyl (C=O) groups is 2. The molecule has 0 aliphatic heterocycles. The number of ether oxygens (including phenoxy) is 2. The second-order valence-corrected chi connectivity index (χ2v) is 31.6. The molecule has 0 saturated heterocycles. The SMILES string of the molecule is CCCCCCC/C=C\C/C=C\C/C=C\CCCCCCCCCCCCCCCCCCCCCCCCCCCCC(=O)OC(COC(=O)CCCCCCCCCCCCCCCCCCCCCCCCCCC/C=C\CCCCCCCCCC)COP(=O)(O)OCCN. The highest BCUT2D eigenvalue weighted by Gasteiger charge is 2.26. The smallest absolute Gasteiger partial charge is 0.462 e. The van der Waals surface area contributed by atoms with Crippen LogP contribution in [0.25, 0.3) is 0 Å². The normalized spacial score (nSPS) is 13.0. The van der Waals surface area contributed by atoms with Gasteiger partial charge in [-0.15, -0.1) is 0 Å². The van der Waals surface area contributed by atoms with Crippen molar-refractivity contribution < 1.29 is 37.6 Å². The van der Waals surface area contributed by atoms with Crippen molar-refractivity contribution in [2.24, 2.45) is 5.73 Å². The molecule has 0 spiro atoms. The molecule has 0 radical (unpaired) electrons. The number of phosphoric acid groups is 1. The molecule has 9 nitrogen and oxygen atoms in total. The summed E-state index contributed by atoms with van der Waals surface area (Å²) in [6.07, 6.45) is 112. The average Bonchev–Trinajstić information content (AvgIpc) is 1.19. The van der Waals surface area contributed by atoms with Crippen molar-refractivity contribution in [2.45, 2.75) is 482 Å². The summed E-state index contributed by atoms with van der Waals surface area (Å²) in [4.78, 5) is 35.5. The lowest BCUT2D eigenvalue weighted by Gasteiger charge is -2.19. The van der Waals surface area contributed by atoms with Gasteiger partial charge in [0.2, 0.25) is 0 Å². The Morgan fingerprint density at radius 2 is 0.525 bits per heavy atom. The van der Waals surface area contributed by atoms with Crippen LogP contribution in [0.3, 0.4) is 0 Å². The van der Waals surface area contributed by atoms with Crippen LogP contribution < -0.4 is 5.73 Å². The number of phosphoric ester groups is 1. The van der Waals surface area contributed by atoms with E-state index in [2.05, 4.69) is 62.5 Å². The Morgan fingerprint density at radius 1 is 0.303 bits per heavy atom. The minimum absolute atomic E-state index is 0.0566. The monoisotopic (exact) mass is 1410 g/mol. The third-order valence-corrected chi connectivity index (χ3v) is 21.2. The molecule has 0 heterocycles. The van der Waals surface area contributed by atoms with E-state index in [-0.39, 0.29) is 38.6 Å². The van der Waals surface area contributed by atoms with Crippen LogP contribution in [-0.2, 0) is 32.7 Å². The third kappa shape index (κ3) is 84.8. The van der Waals surface area contributed by atoms with E-state index in [1.807, 2.05) is 0 Å². The topological polar surface area (TPSA) is 134 Å². The quantitative estimate of drug-likeness (QED) is 0.0264. The van der Waals surface area contributed by atoms with Gasteiger partial charge in [-0.1, -0.05) is 435 Å². The van der Waals surface area contributed by atoms with Gasteiger partial charge in [0.25, 0.3) is 0 Å². The number of hydrogen-bond donors (Lipinski definition) is 2.